The zero-order valence-corrected chi connectivity index (χ0v) is 15.4. The van der Waals surface area contributed by atoms with Crippen LogP contribution in [0.4, 0.5) is 5.69 Å². The second-order valence-corrected chi connectivity index (χ2v) is 9.19. The highest BCUT2D eigenvalue weighted by Crippen LogP contribution is 2.18. The molecule has 26 heavy (non-hydrogen) atoms. The van der Waals surface area contributed by atoms with Gasteiger partial charge in [0.2, 0.25) is 0 Å². The average molecular weight is 380 g/mol. The molecule has 1 aromatic carbocycles. The molecular weight excluding hydrogens is 356 g/mol. The van der Waals surface area contributed by atoms with Gasteiger partial charge in [0.15, 0.2) is 15.8 Å². The van der Waals surface area contributed by atoms with Gasteiger partial charge in [-0.25, -0.2) is 13.4 Å². The number of benzene rings is 1. The van der Waals surface area contributed by atoms with E-state index < -0.39 is 14.8 Å². The standard InChI is InChI=1S/C17H24N4O4S/c22-21(23)16-7-5-13(6-8-16)11-18-17(19-14-3-1-2-4-14)20-15-9-10-26(24,25)12-15/h5-8,14-15H,1-4,9-12H2,(H2,18,19,20). The van der Waals surface area contributed by atoms with Crippen LogP contribution in [0.3, 0.4) is 0 Å². The fraction of sp³-hybridized carbons (Fsp3) is 0.588. The molecule has 1 aromatic rings. The van der Waals surface area contributed by atoms with E-state index in [9.17, 15) is 18.5 Å². The Balaban J connectivity index is 1.66. The minimum Gasteiger partial charge on any atom is -0.354 e. The first-order valence-electron chi connectivity index (χ1n) is 8.92. The van der Waals surface area contributed by atoms with Crippen molar-refractivity contribution in [3.63, 3.8) is 0 Å². The Labute approximate surface area is 153 Å². The van der Waals surface area contributed by atoms with Crippen LogP contribution in [-0.4, -0.2) is 42.9 Å². The molecular formula is C17H24N4O4S. The number of hydrogen-bond donors (Lipinski definition) is 2. The summed E-state index contributed by atoms with van der Waals surface area (Å²) in [7, 11) is -2.96. The van der Waals surface area contributed by atoms with Crippen LogP contribution < -0.4 is 10.6 Å². The number of nitrogens with zero attached hydrogens (tertiary/aromatic N) is 2. The summed E-state index contributed by atoms with van der Waals surface area (Å²) in [6, 6.07) is 6.54. The van der Waals surface area contributed by atoms with E-state index in [0.29, 0.717) is 25.0 Å². The number of sulfone groups is 1. The molecule has 1 saturated heterocycles. The third kappa shape index (κ3) is 5.17. The number of nitro benzene ring substituents is 1. The van der Waals surface area contributed by atoms with Crippen molar-refractivity contribution < 1.29 is 13.3 Å². The van der Waals surface area contributed by atoms with Gasteiger partial charge in [0.1, 0.15) is 0 Å². The predicted molar refractivity (Wildman–Crippen MR) is 99.8 cm³/mol. The molecule has 1 aliphatic heterocycles. The molecule has 3 rings (SSSR count). The molecule has 2 N–H and O–H groups in total. The first-order chi connectivity index (χ1) is 12.4. The lowest BCUT2D eigenvalue weighted by atomic mass is 10.2. The molecule has 1 saturated carbocycles. The summed E-state index contributed by atoms with van der Waals surface area (Å²) >= 11 is 0. The van der Waals surface area contributed by atoms with Gasteiger partial charge in [-0.3, -0.25) is 10.1 Å². The summed E-state index contributed by atoms with van der Waals surface area (Å²) in [5.74, 6) is 0.969. The maximum atomic E-state index is 11.7. The first-order valence-corrected chi connectivity index (χ1v) is 10.7. The predicted octanol–water partition coefficient (Wildman–Crippen LogP) is 1.76. The monoisotopic (exact) mass is 380 g/mol. The summed E-state index contributed by atoms with van der Waals surface area (Å²) in [6.45, 7) is 0.375. The summed E-state index contributed by atoms with van der Waals surface area (Å²) in [5.41, 5.74) is 0.915. The number of aliphatic imine (C=N–C) groups is 1. The van der Waals surface area contributed by atoms with Crippen molar-refractivity contribution in [3.05, 3.63) is 39.9 Å². The molecule has 8 nitrogen and oxygen atoms in total. The quantitative estimate of drug-likeness (QED) is 0.348. The number of non-ortho nitro benzene ring substituents is 1. The van der Waals surface area contributed by atoms with Gasteiger partial charge < -0.3 is 10.6 Å². The molecule has 1 atom stereocenters. The van der Waals surface area contributed by atoms with Gasteiger partial charge in [0, 0.05) is 24.2 Å². The first kappa shape index (κ1) is 18.6. The largest absolute Gasteiger partial charge is 0.354 e. The Hall–Kier alpha value is -2.16. The van der Waals surface area contributed by atoms with Crippen LogP contribution in [0.2, 0.25) is 0 Å². The maximum absolute atomic E-state index is 11.7. The van der Waals surface area contributed by atoms with Gasteiger partial charge in [-0.05, 0) is 24.8 Å². The third-order valence-electron chi connectivity index (χ3n) is 4.84. The molecule has 2 aliphatic rings. The molecule has 0 radical (unpaired) electrons. The smallest absolute Gasteiger partial charge is 0.269 e. The van der Waals surface area contributed by atoms with Crippen LogP contribution in [0.5, 0.6) is 0 Å². The molecule has 0 aromatic heterocycles. The Bertz CT molecular complexity index is 770. The maximum Gasteiger partial charge on any atom is 0.269 e. The van der Waals surface area contributed by atoms with Gasteiger partial charge >= 0.3 is 0 Å². The van der Waals surface area contributed by atoms with Gasteiger partial charge in [0.25, 0.3) is 5.69 Å². The zero-order valence-electron chi connectivity index (χ0n) is 14.6. The van der Waals surface area contributed by atoms with E-state index in [1.165, 1.54) is 25.0 Å². The Morgan fingerprint density at radius 1 is 1.12 bits per heavy atom. The fourth-order valence-electron chi connectivity index (χ4n) is 3.39. The fourth-order valence-corrected chi connectivity index (χ4v) is 5.07. The van der Waals surface area contributed by atoms with Crippen molar-refractivity contribution in [2.75, 3.05) is 11.5 Å². The van der Waals surface area contributed by atoms with Crippen LogP contribution in [0.1, 0.15) is 37.7 Å². The normalized spacial score (nSPS) is 23.1. The van der Waals surface area contributed by atoms with E-state index in [4.69, 9.17) is 0 Å². The Morgan fingerprint density at radius 3 is 2.35 bits per heavy atom. The zero-order chi connectivity index (χ0) is 18.6. The lowest BCUT2D eigenvalue weighted by Gasteiger charge is -2.20. The van der Waals surface area contributed by atoms with E-state index in [2.05, 4.69) is 15.6 Å². The van der Waals surface area contributed by atoms with Gasteiger partial charge in [-0.1, -0.05) is 25.0 Å². The lowest BCUT2D eigenvalue weighted by molar-refractivity contribution is -0.384. The van der Waals surface area contributed by atoms with Crippen molar-refractivity contribution >= 4 is 21.5 Å². The van der Waals surface area contributed by atoms with Crippen LogP contribution in [-0.2, 0) is 16.4 Å². The third-order valence-corrected chi connectivity index (χ3v) is 6.60. The average Bonchev–Trinajstić information content (AvgIpc) is 3.22. The van der Waals surface area contributed by atoms with E-state index in [-0.39, 0.29) is 23.2 Å². The highest BCUT2D eigenvalue weighted by molar-refractivity contribution is 7.91. The van der Waals surface area contributed by atoms with E-state index >= 15 is 0 Å². The minimum atomic E-state index is -2.96. The van der Waals surface area contributed by atoms with E-state index in [1.807, 2.05) is 0 Å². The second kappa shape index (κ2) is 8.03. The topological polar surface area (TPSA) is 114 Å². The Morgan fingerprint density at radius 2 is 1.77 bits per heavy atom. The molecule has 142 valence electrons. The van der Waals surface area contributed by atoms with Crippen molar-refractivity contribution in [1.29, 1.82) is 0 Å². The van der Waals surface area contributed by atoms with Crippen molar-refractivity contribution in [1.82, 2.24) is 10.6 Å². The number of rotatable bonds is 5. The summed E-state index contributed by atoms with van der Waals surface area (Å²) < 4.78 is 23.4. The molecule has 0 amide bonds. The summed E-state index contributed by atoms with van der Waals surface area (Å²) in [5, 5.41) is 17.4. The van der Waals surface area contributed by atoms with Crippen LogP contribution >= 0.6 is 0 Å². The van der Waals surface area contributed by atoms with Crippen LogP contribution in [0.15, 0.2) is 29.3 Å². The second-order valence-electron chi connectivity index (χ2n) is 6.96. The Kier molecular flexibility index (Phi) is 5.75. The highest BCUT2D eigenvalue weighted by Gasteiger charge is 2.29. The summed E-state index contributed by atoms with van der Waals surface area (Å²) in [4.78, 5) is 14.9. The van der Waals surface area contributed by atoms with Crippen molar-refractivity contribution in [2.45, 2.75) is 50.7 Å². The SMILES string of the molecule is O=[N+]([O-])c1ccc(CN=C(NC2CCCC2)NC2CCS(=O)(=O)C2)cc1. The van der Waals surface area contributed by atoms with Gasteiger partial charge in [-0.2, -0.15) is 0 Å². The molecule has 1 unspecified atom stereocenters. The molecule has 2 fully saturated rings. The number of guanidine groups is 1. The van der Waals surface area contributed by atoms with E-state index in [1.54, 1.807) is 12.1 Å². The lowest BCUT2D eigenvalue weighted by Crippen LogP contribution is -2.47. The number of nitro groups is 1. The van der Waals surface area contributed by atoms with Crippen molar-refractivity contribution in [2.24, 2.45) is 4.99 Å². The minimum absolute atomic E-state index is 0.0521. The number of nitrogens with one attached hydrogen (secondary N) is 2. The highest BCUT2D eigenvalue weighted by atomic mass is 32.2. The molecule has 0 bridgehead atoms. The van der Waals surface area contributed by atoms with E-state index in [0.717, 1.165) is 18.4 Å². The van der Waals surface area contributed by atoms with Crippen molar-refractivity contribution in [3.8, 4) is 0 Å². The van der Waals surface area contributed by atoms with Crippen LogP contribution in [0.25, 0.3) is 0 Å². The molecule has 0 spiro atoms. The molecule has 9 heteroatoms. The molecule has 1 heterocycles. The van der Waals surface area contributed by atoms with Gasteiger partial charge in [0.05, 0.1) is 23.0 Å². The number of hydrogen-bond acceptors (Lipinski definition) is 5. The molecule has 1 aliphatic carbocycles. The van der Waals surface area contributed by atoms with Crippen LogP contribution in [0, 0.1) is 10.1 Å². The summed E-state index contributed by atoms with van der Waals surface area (Å²) in [6.07, 6.45) is 5.13. The van der Waals surface area contributed by atoms with Gasteiger partial charge in [-0.15, -0.1) is 0 Å².